The van der Waals surface area contributed by atoms with Gasteiger partial charge in [0.1, 0.15) is 10.4 Å². The molecule has 5 nitrogen and oxygen atoms in total. The van der Waals surface area contributed by atoms with Crippen LogP contribution in [0.1, 0.15) is 40.0 Å². The average molecular weight is 437 g/mol. The molecule has 30 heavy (non-hydrogen) atoms. The number of thioether (sulfide) groups is 1. The molecule has 0 saturated heterocycles. The summed E-state index contributed by atoms with van der Waals surface area (Å²) in [7, 11) is 1.79. The second-order valence-electron chi connectivity index (χ2n) is 8.15. The molecule has 0 N–H and O–H groups in total. The van der Waals surface area contributed by atoms with Gasteiger partial charge in [0, 0.05) is 29.1 Å². The van der Waals surface area contributed by atoms with E-state index in [1.54, 1.807) is 29.0 Å². The van der Waals surface area contributed by atoms with Gasteiger partial charge in [-0.1, -0.05) is 11.8 Å². The number of hydrogen-bond acceptors (Lipinski definition) is 6. The third-order valence-electron chi connectivity index (χ3n) is 6.30. The highest BCUT2D eigenvalue weighted by Gasteiger charge is 2.23. The van der Waals surface area contributed by atoms with Gasteiger partial charge in [0.25, 0.3) is 5.56 Å². The van der Waals surface area contributed by atoms with Crippen molar-refractivity contribution >= 4 is 44.3 Å². The molecule has 0 aliphatic heterocycles. The molecule has 2 aliphatic rings. The Morgan fingerprint density at radius 2 is 1.90 bits per heavy atom. The first-order valence-electron chi connectivity index (χ1n) is 10.3. The van der Waals surface area contributed by atoms with Crippen LogP contribution in [0, 0.1) is 0 Å². The number of aryl methyl sites for hydroxylation is 4. The molecule has 0 amide bonds. The van der Waals surface area contributed by atoms with Crippen molar-refractivity contribution in [2.45, 2.75) is 49.4 Å². The lowest BCUT2D eigenvalue weighted by Crippen LogP contribution is -2.20. The smallest absolute Gasteiger partial charge is 0.336 e. The van der Waals surface area contributed by atoms with E-state index in [2.05, 4.69) is 6.07 Å². The minimum absolute atomic E-state index is 0.0390. The molecule has 152 valence electrons. The van der Waals surface area contributed by atoms with Crippen molar-refractivity contribution in [3.8, 4) is 0 Å². The van der Waals surface area contributed by atoms with Crippen LogP contribution < -0.4 is 11.2 Å². The molecule has 3 heterocycles. The van der Waals surface area contributed by atoms with E-state index < -0.39 is 0 Å². The van der Waals surface area contributed by atoms with E-state index in [0.29, 0.717) is 16.5 Å². The Morgan fingerprint density at radius 1 is 1.10 bits per heavy atom. The second kappa shape index (κ2) is 6.82. The predicted molar refractivity (Wildman–Crippen MR) is 121 cm³/mol. The van der Waals surface area contributed by atoms with E-state index in [4.69, 9.17) is 9.40 Å². The van der Waals surface area contributed by atoms with E-state index in [9.17, 15) is 9.59 Å². The summed E-state index contributed by atoms with van der Waals surface area (Å²) in [6, 6.07) is 5.78. The highest BCUT2D eigenvalue weighted by atomic mass is 32.2. The third-order valence-corrected chi connectivity index (χ3v) is 8.57. The van der Waals surface area contributed by atoms with Gasteiger partial charge in [-0.25, -0.2) is 9.78 Å². The molecule has 0 atom stereocenters. The summed E-state index contributed by atoms with van der Waals surface area (Å²) in [5, 5.41) is 2.49. The zero-order valence-electron chi connectivity index (χ0n) is 16.6. The number of fused-ring (bicyclic) bond motifs is 5. The van der Waals surface area contributed by atoms with Crippen molar-refractivity contribution in [3.63, 3.8) is 0 Å². The van der Waals surface area contributed by atoms with Gasteiger partial charge < -0.3 is 4.42 Å². The van der Waals surface area contributed by atoms with Crippen molar-refractivity contribution < 1.29 is 4.42 Å². The normalized spacial score (nSPS) is 15.2. The molecule has 0 unspecified atom stereocenters. The minimum atomic E-state index is -0.331. The van der Waals surface area contributed by atoms with E-state index in [1.165, 1.54) is 33.3 Å². The van der Waals surface area contributed by atoms with E-state index in [0.717, 1.165) is 59.7 Å². The third kappa shape index (κ3) is 2.79. The fourth-order valence-corrected chi connectivity index (χ4v) is 7.06. The fraction of sp³-hybridized carbons (Fsp3) is 0.348. The number of aromatic nitrogens is 2. The van der Waals surface area contributed by atoms with Gasteiger partial charge in [0.05, 0.1) is 5.39 Å². The Balaban J connectivity index is 1.41. The Bertz CT molecular complexity index is 1460. The van der Waals surface area contributed by atoms with E-state index in [-0.39, 0.29) is 11.2 Å². The van der Waals surface area contributed by atoms with Crippen LogP contribution in [-0.4, -0.2) is 9.55 Å². The summed E-state index contributed by atoms with van der Waals surface area (Å²) in [4.78, 5) is 32.2. The maximum Gasteiger partial charge on any atom is 0.336 e. The quantitative estimate of drug-likeness (QED) is 0.271. The summed E-state index contributed by atoms with van der Waals surface area (Å²) in [6.45, 7) is 0. The molecule has 2 aliphatic carbocycles. The Hall–Kier alpha value is -2.38. The number of benzene rings is 1. The van der Waals surface area contributed by atoms with Gasteiger partial charge in [-0.3, -0.25) is 9.36 Å². The first-order chi connectivity index (χ1) is 14.6. The highest BCUT2D eigenvalue weighted by Crippen LogP contribution is 2.36. The van der Waals surface area contributed by atoms with Crippen LogP contribution in [0.4, 0.5) is 0 Å². The van der Waals surface area contributed by atoms with Crippen molar-refractivity contribution in [1.82, 2.24) is 9.55 Å². The summed E-state index contributed by atoms with van der Waals surface area (Å²) in [6.07, 6.45) is 6.44. The molecule has 0 spiro atoms. The maximum atomic E-state index is 13.0. The predicted octanol–water partition coefficient (Wildman–Crippen LogP) is 4.37. The first-order valence-corrected chi connectivity index (χ1v) is 12.1. The Labute approximate surface area is 180 Å². The lowest BCUT2D eigenvalue weighted by atomic mass is 10.0. The van der Waals surface area contributed by atoms with Crippen LogP contribution in [0.3, 0.4) is 0 Å². The zero-order chi connectivity index (χ0) is 20.4. The van der Waals surface area contributed by atoms with E-state index >= 15 is 0 Å². The van der Waals surface area contributed by atoms with Crippen LogP contribution in [0.25, 0.3) is 21.2 Å². The average Bonchev–Trinajstić information content (AvgIpc) is 3.43. The standard InChI is InChI=1S/C23H20N2O3S2/c1-25-22(27)20-15-6-3-7-18(15)30-21(20)24-23(25)29-11-14-10-19(26)28-17-9-13-5-2-4-12(13)8-16(14)17/h8-10H,2-7,11H2,1H3. The van der Waals surface area contributed by atoms with Gasteiger partial charge >= 0.3 is 5.63 Å². The molecular weight excluding hydrogens is 416 g/mol. The summed E-state index contributed by atoms with van der Waals surface area (Å²) < 4.78 is 7.14. The molecule has 3 aromatic heterocycles. The molecule has 6 rings (SSSR count). The molecular formula is C23H20N2O3S2. The topological polar surface area (TPSA) is 65.1 Å². The number of nitrogens with zero attached hydrogens (tertiary/aromatic N) is 2. The molecule has 0 saturated carbocycles. The van der Waals surface area contributed by atoms with Crippen molar-refractivity contribution in [2.75, 3.05) is 0 Å². The van der Waals surface area contributed by atoms with Crippen molar-refractivity contribution in [3.05, 3.63) is 66.1 Å². The van der Waals surface area contributed by atoms with Gasteiger partial charge in [-0.2, -0.15) is 0 Å². The van der Waals surface area contributed by atoms with E-state index in [1.807, 2.05) is 6.07 Å². The van der Waals surface area contributed by atoms with Gasteiger partial charge in [-0.05, 0) is 72.9 Å². The van der Waals surface area contributed by atoms with Crippen LogP contribution in [-0.2, 0) is 38.5 Å². The highest BCUT2D eigenvalue weighted by molar-refractivity contribution is 7.98. The second-order valence-corrected chi connectivity index (χ2v) is 10.2. The Kier molecular flexibility index (Phi) is 4.18. The monoisotopic (exact) mass is 436 g/mol. The summed E-state index contributed by atoms with van der Waals surface area (Å²) >= 11 is 3.17. The Morgan fingerprint density at radius 3 is 2.77 bits per heavy atom. The molecule has 7 heteroatoms. The SMILES string of the molecule is Cn1c(SCc2cc(=O)oc3cc4c(cc23)CCC4)nc2sc3c(c2c1=O)CCC3. The number of hydrogen-bond donors (Lipinski definition) is 0. The van der Waals surface area contributed by atoms with Crippen LogP contribution >= 0.6 is 23.1 Å². The lowest BCUT2D eigenvalue weighted by Gasteiger charge is -2.10. The first kappa shape index (κ1) is 18.4. The molecule has 4 aromatic rings. The molecule has 1 aromatic carbocycles. The van der Waals surface area contributed by atoms with Crippen LogP contribution in [0.5, 0.6) is 0 Å². The van der Waals surface area contributed by atoms with Gasteiger partial charge in [-0.15, -0.1) is 11.3 Å². The lowest BCUT2D eigenvalue weighted by molar-refractivity contribution is 0.559. The maximum absolute atomic E-state index is 13.0. The summed E-state index contributed by atoms with van der Waals surface area (Å²) in [5.74, 6) is 0.567. The van der Waals surface area contributed by atoms with Gasteiger partial charge in [0.15, 0.2) is 5.16 Å². The number of rotatable bonds is 3. The van der Waals surface area contributed by atoms with Crippen molar-refractivity contribution in [1.29, 1.82) is 0 Å². The molecule has 0 radical (unpaired) electrons. The minimum Gasteiger partial charge on any atom is -0.423 e. The van der Waals surface area contributed by atoms with Crippen molar-refractivity contribution in [2.24, 2.45) is 7.05 Å². The van der Waals surface area contributed by atoms with Crippen LogP contribution in [0.15, 0.2) is 37.4 Å². The molecule has 0 bridgehead atoms. The summed E-state index contributed by atoms with van der Waals surface area (Å²) in [5.41, 5.74) is 5.15. The largest absolute Gasteiger partial charge is 0.423 e. The van der Waals surface area contributed by atoms with Gasteiger partial charge in [0.2, 0.25) is 0 Å². The number of thiophene rings is 1. The zero-order valence-corrected chi connectivity index (χ0v) is 18.3. The molecule has 0 fully saturated rings. The fourth-order valence-electron chi connectivity index (χ4n) is 4.79. The van der Waals surface area contributed by atoms with Crippen LogP contribution in [0.2, 0.25) is 0 Å².